The molecule has 0 heterocycles. The smallest absolute Gasteiger partial charge is 0.338 e. The van der Waals surface area contributed by atoms with Crippen LogP contribution < -0.4 is 5.32 Å². The van der Waals surface area contributed by atoms with Crippen LogP contribution in [0.4, 0.5) is 0 Å². The van der Waals surface area contributed by atoms with Crippen molar-refractivity contribution in [3.63, 3.8) is 0 Å². The van der Waals surface area contributed by atoms with Crippen LogP contribution in [0.2, 0.25) is 0 Å². The van der Waals surface area contributed by atoms with Gasteiger partial charge >= 0.3 is 5.97 Å². The number of rotatable bonds is 7. The van der Waals surface area contributed by atoms with Gasteiger partial charge in [0.05, 0.1) is 17.6 Å². The number of nitrogens with zero attached hydrogens (tertiary/aromatic N) is 1. The quantitative estimate of drug-likeness (QED) is 0.570. The Morgan fingerprint density at radius 3 is 2.58 bits per heavy atom. The van der Waals surface area contributed by atoms with Gasteiger partial charge in [0.1, 0.15) is 0 Å². The van der Waals surface area contributed by atoms with Crippen LogP contribution in [0.3, 0.4) is 0 Å². The number of benzene rings is 1. The Morgan fingerprint density at radius 1 is 1.33 bits per heavy atom. The number of sulfonamides is 1. The van der Waals surface area contributed by atoms with Gasteiger partial charge < -0.3 is 10.1 Å². The molecular weight excluding hydrogens is 336 g/mol. The lowest BCUT2D eigenvalue weighted by atomic mass is 10.2. The fourth-order valence-corrected chi connectivity index (χ4v) is 2.88. The van der Waals surface area contributed by atoms with E-state index in [-0.39, 0.29) is 22.4 Å². The van der Waals surface area contributed by atoms with Crippen LogP contribution in [0.25, 0.3) is 0 Å². The molecule has 1 N–H and O–H groups in total. The standard InChI is InChI=1S/C15H20N2O6S/c1-10(14(18)16-12-7-8-12)23-15(19)11-5-4-6-13(9-11)24(20,21)17(2)22-3/h4-6,9-10,12H,7-8H2,1-3H3,(H,16,18). The average molecular weight is 356 g/mol. The Balaban J connectivity index is 2.09. The summed E-state index contributed by atoms with van der Waals surface area (Å²) < 4.78 is 30.1. The summed E-state index contributed by atoms with van der Waals surface area (Å²) in [5.74, 6) is -1.14. The second-order valence-corrected chi connectivity index (χ2v) is 7.39. The van der Waals surface area contributed by atoms with Crippen LogP contribution in [0.5, 0.6) is 0 Å². The molecule has 132 valence electrons. The molecule has 1 saturated carbocycles. The molecule has 9 heteroatoms. The van der Waals surface area contributed by atoms with Gasteiger partial charge in [0.25, 0.3) is 15.9 Å². The van der Waals surface area contributed by atoms with Crippen LogP contribution >= 0.6 is 0 Å². The van der Waals surface area contributed by atoms with E-state index in [1.165, 1.54) is 45.3 Å². The van der Waals surface area contributed by atoms with Crippen molar-refractivity contribution in [1.82, 2.24) is 9.79 Å². The molecule has 0 aromatic heterocycles. The molecule has 0 radical (unpaired) electrons. The number of esters is 1. The first-order valence-electron chi connectivity index (χ1n) is 7.40. The minimum atomic E-state index is -3.87. The fraction of sp³-hybridized carbons (Fsp3) is 0.467. The van der Waals surface area contributed by atoms with E-state index in [0.29, 0.717) is 4.47 Å². The Hall–Kier alpha value is -1.97. The number of ether oxygens (including phenoxy) is 1. The number of carbonyl (C=O) groups is 2. The minimum absolute atomic E-state index is 0.0339. The van der Waals surface area contributed by atoms with Gasteiger partial charge in [0, 0.05) is 13.1 Å². The molecule has 1 fully saturated rings. The Bertz CT molecular complexity index is 729. The summed E-state index contributed by atoms with van der Waals surface area (Å²) in [5, 5.41) is 2.73. The normalized spacial score (nSPS) is 15.8. The molecule has 24 heavy (non-hydrogen) atoms. The van der Waals surface area contributed by atoms with Crippen molar-refractivity contribution in [3.8, 4) is 0 Å². The number of hydrogen-bond acceptors (Lipinski definition) is 6. The molecule has 1 atom stereocenters. The summed E-state index contributed by atoms with van der Waals surface area (Å²) in [6.07, 6.45) is 0.901. The van der Waals surface area contributed by atoms with E-state index >= 15 is 0 Å². The number of hydrogen-bond donors (Lipinski definition) is 1. The molecule has 1 aromatic rings. The van der Waals surface area contributed by atoms with E-state index in [0.717, 1.165) is 12.8 Å². The van der Waals surface area contributed by atoms with Crippen molar-refractivity contribution in [2.45, 2.75) is 36.8 Å². The largest absolute Gasteiger partial charge is 0.449 e. The molecule has 1 aliphatic carbocycles. The zero-order valence-corrected chi connectivity index (χ0v) is 14.5. The minimum Gasteiger partial charge on any atom is -0.449 e. The molecular formula is C15H20N2O6S. The fourth-order valence-electron chi connectivity index (χ4n) is 1.86. The highest BCUT2D eigenvalue weighted by Crippen LogP contribution is 2.19. The molecule has 1 aromatic carbocycles. The first-order valence-corrected chi connectivity index (χ1v) is 8.84. The van der Waals surface area contributed by atoms with E-state index in [2.05, 4.69) is 10.2 Å². The van der Waals surface area contributed by atoms with Gasteiger partial charge in [-0.15, -0.1) is 0 Å². The Morgan fingerprint density at radius 2 is 2.00 bits per heavy atom. The van der Waals surface area contributed by atoms with Gasteiger partial charge in [-0.3, -0.25) is 9.63 Å². The summed E-state index contributed by atoms with van der Waals surface area (Å²) in [5.41, 5.74) is 0.0339. The molecule has 8 nitrogen and oxygen atoms in total. The van der Waals surface area contributed by atoms with Gasteiger partial charge in [-0.25, -0.2) is 13.2 Å². The maximum Gasteiger partial charge on any atom is 0.338 e. The topological polar surface area (TPSA) is 102 Å². The lowest BCUT2D eigenvalue weighted by Crippen LogP contribution is -2.37. The number of amides is 1. The summed E-state index contributed by atoms with van der Waals surface area (Å²) in [7, 11) is -1.41. The lowest BCUT2D eigenvalue weighted by molar-refractivity contribution is -0.129. The Labute approximate surface area is 140 Å². The summed E-state index contributed by atoms with van der Waals surface area (Å²) in [4.78, 5) is 28.5. The van der Waals surface area contributed by atoms with E-state index in [1.807, 2.05) is 0 Å². The summed E-state index contributed by atoms with van der Waals surface area (Å²) in [6.45, 7) is 1.47. The van der Waals surface area contributed by atoms with E-state index in [4.69, 9.17) is 4.74 Å². The zero-order chi connectivity index (χ0) is 17.9. The second-order valence-electron chi connectivity index (χ2n) is 5.46. The van der Waals surface area contributed by atoms with Crippen LogP contribution in [0.1, 0.15) is 30.1 Å². The summed E-state index contributed by atoms with van der Waals surface area (Å²) in [6, 6.07) is 5.52. The van der Waals surface area contributed by atoms with Gasteiger partial charge in [-0.05, 0) is 38.0 Å². The predicted molar refractivity (Wildman–Crippen MR) is 84.4 cm³/mol. The molecule has 2 rings (SSSR count). The third kappa shape index (κ3) is 4.31. The third-order valence-corrected chi connectivity index (χ3v) is 5.22. The first kappa shape index (κ1) is 18.4. The molecule has 0 spiro atoms. The van der Waals surface area contributed by atoms with Crippen LogP contribution in [0, 0.1) is 0 Å². The molecule has 1 amide bonds. The van der Waals surface area contributed by atoms with E-state index < -0.39 is 22.1 Å². The average Bonchev–Trinajstić information content (AvgIpc) is 3.37. The second kappa shape index (κ2) is 7.29. The van der Waals surface area contributed by atoms with Crippen molar-refractivity contribution in [1.29, 1.82) is 0 Å². The zero-order valence-electron chi connectivity index (χ0n) is 13.7. The van der Waals surface area contributed by atoms with Crippen LogP contribution in [0.15, 0.2) is 29.2 Å². The monoisotopic (exact) mass is 356 g/mol. The first-order chi connectivity index (χ1) is 11.3. The Kier molecular flexibility index (Phi) is 5.58. The molecule has 1 aliphatic rings. The maximum absolute atomic E-state index is 12.2. The van der Waals surface area contributed by atoms with Gasteiger partial charge in [0.2, 0.25) is 0 Å². The molecule has 0 bridgehead atoms. The highest BCUT2D eigenvalue weighted by atomic mass is 32.2. The van der Waals surface area contributed by atoms with Crippen molar-refractivity contribution >= 4 is 21.9 Å². The summed E-state index contributed by atoms with van der Waals surface area (Å²) >= 11 is 0. The highest BCUT2D eigenvalue weighted by Gasteiger charge is 2.28. The molecule has 0 saturated heterocycles. The van der Waals surface area contributed by atoms with Crippen LogP contribution in [-0.4, -0.2) is 51.1 Å². The maximum atomic E-state index is 12.2. The molecule has 0 aliphatic heterocycles. The highest BCUT2D eigenvalue weighted by molar-refractivity contribution is 7.89. The van der Waals surface area contributed by atoms with Gasteiger partial charge in [0.15, 0.2) is 6.10 Å². The number of nitrogens with one attached hydrogen (secondary N) is 1. The SMILES string of the molecule is CON(C)S(=O)(=O)c1cccc(C(=O)OC(C)C(=O)NC2CC2)c1. The van der Waals surface area contributed by atoms with E-state index in [9.17, 15) is 18.0 Å². The van der Waals surface area contributed by atoms with Crippen molar-refractivity contribution < 1.29 is 27.6 Å². The third-order valence-electron chi connectivity index (χ3n) is 3.54. The van der Waals surface area contributed by atoms with Gasteiger partial charge in [-0.1, -0.05) is 10.5 Å². The van der Waals surface area contributed by atoms with Crippen molar-refractivity contribution in [2.24, 2.45) is 0 Å². The number of hydroxylamine groups is 1. The van der Waals surface area contributed by atoms with E-state index in [1.54, 1.807) is 0 Å². The lowest BCUT2D eigenvalue weighted by Gasteiger charge is -2.15. The molecule has 1 unspecified atom stereocenters. The van der Waals surface area contributed by atoms with Gasteiger partial charge in [-0.2, -0.15) is 0 Å². The predicted octanol–water partition coefficient (Wildman–Crippen LogP) is 0.692. The van der Waals surface area contributed by atoms with Crippen LogP contribution in [-0.2, 0) is 24.4 Å². The van der Waals surface area contributed by atoms with Crippen molar-refractivity contribution in [2.75, 3.05) is 14.2 Å². The number of carbonyl (C=O) groups excluding carboxylic acids is 2. The van der Waals surface area contributed by atoms with Crippen molar-refractivity contribution in [3.05, 3.63) is 29.8 Å².